The molecule has 5 heteroatoms. The van der Waals surface area contributed by atoms with Crippen molar-refractivity contribution in [1.29, 1.82) is 0 Å². The van der Waals surface area contributed by atoms with Crippen LogP contribution in [0.15, 0.2) is 12.1 Å². The lowest BCUT2D eigenvalue weighted by molar-refractivity contribution is 0.0452. The SMILES string of the molecule is CCCCOC(=O)c1cc(C)c(Cl)cc1C(=O)OCCCC. The van der Waals surface area contributed by atoms with Crippen LogP contribution in [0.5, 0.6) is 0 Å². The molecule has 0 aliphatic heterocycles. The fourth-order valence-electron chi connectivity index (χ4n) is 1.79. The number of esters is 2. The van der Waals surface area contributed by atoms with E-state index in [1.54, 1.807) is 13.0 Å². The Morgan fingerprint density at radius 3 is 1.86 bits per heavy atom. The number of ether oxygens (including phenoxy) is 2. The summed E-state index contributed by atoms with van der Waals surface area (Å²) in [5.41, 5.74) is 1.09. The molecule has 0 aromatic heterocycles. The first-order valence-electron chi connectivity index (χ1n) is 7.65. The molecule has 1 aromatic carbocycles. The Morgan fingerprint density at radius 1 is 0.955 bits per heavy atom. The van der Waals surface area contributed by atoms with E-state index >= 15 is 0 Å². The molecule has 22 heavy (non-hydrogen) atoms. The molecule has 0 aliphatic rings. The minimum absolute atomic E-state index is 0.160. The fraction of sp³-hybridized carbons (Fsp3) is 0.529. The minimum Gasteiger partial charge on any atom is -0.462 e. The largest absolute Gasteiger partial charge is 0.462 e. The number of halogens is 1. The van der Waals surface area contributed by atoms with E-state index in [4.69, 9.17) is 21.1 Å². The number of unbranched alkanes of at least 4 members (excludes halogenated alkanes) is 2. The molecule has 0 aliphatic carbocycles. The number of carbonyl (C=O) groups is 2. The maximum Gasteiger partial charge on any atom is 0.339 e. The predicted octanol–water partition coefficient (Wildman–Crippen LogP) is 4.56. The highest BCUT2D eigenvalue weighted by molar-refractivity contribution is 6.32. The molecule has 0 heterocycles. The van der Waals surface area contributed by atoms with Crippen molar-refractivity contribution in [2.24, 2.45) is 0 Å². The van der Waals surface area contributed by atoms with Crippen LogP contribution in [0.4, 0.5) is 0 Å². The quantitative estimate of drug-likeness (QED) is 0.519. The third kappa shape index (κ3) is 5.34. The Balaban J connectivity index is 2.96. The summed E-state index contributed by atoms with van der Waals surface area (Å²) in [6.07, 6.45) is 3.42. The summed E-state index contributed by atoms with van der Waals surface area (Å²) in [5.74, 6) is -1.06. The molecular formula is C17H23ClO4. The van der Waals surface area contributed by atoms with Crippen LogP contribution in [0, 0.1) is 6.92 Å². The maximum absolute atomic E-state index is 12.2. The van der Waals surface area contributed by atoms with Gasteiger partial charge in [0.25, 0.3) is 0 Å². The van der Waals surface area contributed by atoms with E-state index in [0.717, 1.165) is 25.7 Å². The van der Waals surface area contributed by atoms with Crippen LogP contribution >= 0.6 is 11.6 Å². The van der Waals surface area contributed by atoms with E-state index in [2.05, 4.69) is 0 Å². The average Bonchev–Trinajstić information content (AvgIpc) is 2.49. The van der Waals surface area contributed by atoms with E-state index in [-0.39, 0.29) is 11.1 Å². The van der Waals surface area contributed by atoms with Crippen molar-refractivity contribution in [2.75, 3.05) is 13.2 Å². The van der Waals surface area contributed by atoms with Crippen LogP contribution in [0.25, 0.3) is 0 Å². The maximum atomic E-state index is 12.2. The summed E-state index contributed by atoms with van der Waals surface area (Å²) >= 11 is 6.06. The summed E-state index contributed by atoms with van der Waals surface area (Å²) in [6, 6.07) is 3.05. The van der Waals surface area contributed by atoms with E-state index in [1.165, 1.54) is 6.07 Å². The molecule has 0 saturated carbocycles. The van der Waals surface area contributed by atoms with Crippen LogP contribution in [0.3, 0.4) is 0 Å². The smallest absolute Gasteiger partial charge is 0.339 e. The Bertz CT molecular complexity index is 479. The molecule has 1 aromatic rings. The van der Waals surface area contributed by atoms with Crippen molar-refractivity contribution in [3.63, 3.8) is 0 Å². The molecular weight excluding hydrogens is 304 g/mol. The molecule has 0 radical (unpaired) electrons. The van der Waals surface area contributed by atoms with Gasteiger partial charge in [0.05, 0.1) is 24.3 Å². The first-order valence-corrected chi connectivity index (χ1v) is 8.03. The van der Waals surface area contributed by atoms with Gasteiger partial charge in [0.1, 0.15) is 0 Å². The second-order valence-electron chi connectivity index (χ2n) is 5.13. The number of hydrogen-bond donors (Lipinski definition) is 0. The number of rotatable bonds is 8. The summed E-state index contributed by atoms with van der Waals surface area (Å²) in [4.78, 5) is 24.3. The van der Waals surface area contributed by atoms with Crippen molar-refractivity contribution in [2.45, 2.75) is 46.5 Å². The highest BCUT2D eigenvalue weighted by Crippen LogP contribution is 2.23. The predicted molar refractivity (Wildman–Crippen MR) is 86.6 cm³/mol. The Kier molecular flexibility index (Phi) is 7.96. The van der Waals surface area contributed by atoms with E-state index < -0.39 is 11.9 Å². The van der Waals surface area contributed by atoms with Gasteiger partial charge in [-0.1, -0.05) is 38.3 Å². The number of hydrogen-bond acceptors (Lipinski definition) is 4. The van der Waals surface area contributed by atoms with Gasteiger partial charge in [-0.05, 0) is 37.5 Å². The second-order valence-corrected chi connectivity index (χ2v) is 5.53. The molecule has 0 saturated heterocycles. The van der Waals surface area contributed by atoms with Gasteiger partial charge in [0.2, 0.25) is 0 Å². The van der Waals surface area contributed by atoms with Crippen molar-refractivity contribution >= 4 is 23.5 Å². The van der Waals surface area contributed by atoms with Gasteiger partial charge in [-0.15, -0.1) is 0 Å². The average molecular weight is 327 g/mol. The first-order chi connectivity index (χ1) is 10.5. The van der Waals surface area contributed by atoms with Crippen molar-refractivity contribution in [3.05, 3.63) is 33.8 Å². The topological polar surface area (TPSA) is 52.6 Å². The summed E-state index contributed by atoms with van der Waals surface area (Å²) in [5, 5.41) is 0.424. The number of carbonyl (C=O) groups excluding carboxylic acids is 2. The molecule has 0 atom stereocenters. The van der Waals surface area contributed by atoms with Gasteiger partial charge in [-0.3, -0.25) is 0 Å². The molecule has 0 amide bonds. The fourth-order valence-corrected chi connectivity index (χ4v) is 1.96. The lowest BCUT2D eigenvalue weighted by Crippen LogP contribution is -2.15. The van der Waals surface area contributed by atoms with Gasteiger partial charge in [-0.2, -0.15) is 0 Å². The van der Waals surface area contributed by atoms with Crippen molar-refractivity contribution in [1.82, 2.24) is 0 Å². The summed E-state index contributed by atoms with van der Waals surface area (Å²) < 4.78 is 10.4. The molecule has 0 fully saturated rings. The highest BCUT2D eigenvalue weighted by atomic mass is 35.5. The minimum atomic E-state index is -0.544. The monoisotopic (exact) mass is 326 g/mol. The van der Waals surface area contributed by atoms with Crippen LogP contribution in [-0.4, -0.2) is 25.2 Å². The molecule has 4 nitrogen and oxygen atoms in total. The summed E-state index contributed by atoms with van der Waals surface area (Å²) in [7, 11) is 0. The summed E-state index contributed by atoms with van der Waals surface area (Å²) in [6.45, 7) is 6.45. The molecule has 0 bridgehead atoms. The zero-order chi connectivity index (χ0) is 16.5. The third-order valence-electron chi connectivity index (χ3n) is 3.20. The Hall–Kier alpha value is -1.55. The first kappa shape index (κ1) is 18.5. The molecule has 1 rings (SSSR count). The van der Waals surface area contributed by atoms with Crippen molar-refractivity contribution in [3.8, 4) is 0 Å². The van der Waals surface area contributed by atoms with Gasteiger partial charge in [-0.25, -0.2) is 9.59 Å². The molecule has 122 valence electrons. The lowest BCUT2D eigenvalue weighted by atomic mass is 10.0. The van der Waals surface area contributed by atoms with Gasteiger partial charge in [0, 0.05) is 5.02 Å². The van der Waals surface area contributed by atoms with E-state index in [0.29, 0.717) is 23.8 Å². The number of aryl methyl sites for hydroxylation is 1. The normalized spacial score (nSPS) is 10.4. The zero-order valence-electron chi connectivity index (χ0n) is 13.4. The van der Waals surface area contributed by atoms with Gasteiger partial charge < -0.3 is 9.47 Å². The molecule has 0 spiro atoms. The molecule has 0 N–H and O–H groups in total. The van der Waals surface area contributed by atoms with Crippen LogP contribution in [0.1, 0.15) is 65.8 Å². The zero-order valence-corrected chi connectivity index (χ0v) is 14.2. The van der Waals surface area contributed by atoms with E-state index in [9.17, 15) is 9.59 Å². The second kappa shape index (κ2) is 9.46. The van der Waals surface area contributed by atoms with Crippen molar-refractivity contribution < 1.29 is 19.1 Å². The van der Waals surface area contributed by atoms with Crippen LogP contribution in [-0.2, 0) is 9.47 Å². The molecule has 0 unspecified atom stereocenters. The highest BCUT2D eigenvalue weighted by Gasteiger charge is 2.21. The number of benzene rings is 1. The van der Waals surface area contributed by atoms with Crippen LogP contribution < -0.4 is 0 Å². The van der Waals surface area contributed by atoms with E-state index in [1.807, 2.05) is 13.8 Å². The standard InChI is InChI=1S/C17H23ClO4/c1-4-6-8-21-16(19)13-10-12(3)15(18)11-14(13)17(20)22-9-7-5-2/h10-11H,4-9H2,1-3H3. The van der Waals surface area contributed by atoms with Gasteiger partial charge >= 0.3 is 11.9 Å². The third-order valence-corrected chi connectivity index (χ3v) is 3.61. The Morgan fingerprint density at radius 2 is 1.41 bits per heavy atom. The lowest BCUT2D eigenvalue weighted by Gasteiger charge is -2.11. The Labute approximate surface area is 136 Å². The van der Waals surface area contributed by atoms with Gasteiger partial charge in [0.15, 0.2) is 0 Å². The van der Waals surface area contributed by atoms with Crippen LogP contribution in [0.2, 0.25) is 5.02 Å².